The lowest BCUT2D eigenvalue weighted by atomic mass is 10.0. The van der Waals surface area contributed by atoms with E-state index in [-0.39, 0.29) is 0 Å². The minimum atomic E-state index is 1.04. The molecule has 0 spiro atoms. The summed E-state index contributed by atoms with van der Waals surface area (Å²) in [5, 5.41) is 7.18. The van der Waals surface area contributed by atoms with Crippen LogP contribution in [0.1, 0.15) is 0 Å². The Bertz CT molecular complexity index is 1230. The zero-order valence-electron chi connectivity index (χ0n) is 14.8. The van der Waals surface area contributed by atoms with Crippen LogP contribution in [-0.4, -0.2) is 0 Å². The molecule has 2 heterocycles. The summed E-state index contributed by atoms with van der Waals surface area (Å²) >= 11 is 3.61. The Morgan fingerprint density at radius 1 is 0.571 bits per heavy atom. The van der Waals surface area contributed by atoms with Crippen molar-refractivity contribution >= 4 is 46.3 Å². The lowest BCUT2D eigenvalue weighted by molar-refractivity contribution is 1.30. The van der Waals surface area contributed by atoms with Crippen molar-refractivity contribution in [2.24, 2.45) is 0 Å². The first-order valence-corrected chi connectivity index (χ1v) is 10.8. The fourth-order valence-corrected chi connectivity index (χ4v) is 5.58. The Labute approximate surface area is 172 Å². The van der Waals surface area contributed by atoms with E-state index in [9.17, 15) is 0 Å². The summed E-state index contributed by atoms with van der Waals surface area (Å²) in [5.74, 6) is 0. The van der Waals surface area contributed by atoms with Crippen LogP contribution in [0.25, 0.3) is 11.1 Å². The summed E-state index contributed by atoms with van der Waals surface area (Å²) in [5.41, 5.74) is 6.77. The predicted molar refractivity (Wildman–Crippen MR) is 118 cm³/mol. The average Bonchev–Trinajstić information content (AvgIpc) is 2.75. The molecule has 0 fully saturated rings. The first kappa shape index (κ1) is 16.2. The van der Waals surface area contributed by atoms with Crippen LogP contribution in [0.4, 0.5) is 22.7 Å². The minimum Gasteiger partial charge on any atom is -0.353 e. The summed E-state index contributed by atoms with van der Waals surface area (Å²) < 4.78 is 0. The molecule has 4 aromatic carbocycles. The first-order valence-electron chi connectivity index (χ1n) is 9.13. The second-order valence-corrected chi connectivity index (χ2v) is 8.90. The largest absolute Gasteiger partial charge is 0.353 e. The van der Waals surface area contributed by atoms with Crippen LogP contribution in [0.15, 0.2) is 98.4 Å². The summed E-state index contributed by atoms with van der Waals surface area (Å²) in [6, 6.07) is 31.3. The summed E-state index contributed by atoms with van der Waals surface area (Å²) in [7, 11) is 0. The van der Waals surface area contributed by atoms with Gasteiger partial charge in [0.05, 0.1) is 22.7 Å². The van der Waals surface area contributed by atoms with Gasteiger partial charge in [0.1, 0.15) is 0 Å². The third-order valence-electron chi connectivity index (χ3n) is 4.96. The van der Waals surface area contributed by atoms with Gasteiger partial charge in [-0.1, -0.05) is 66.0 Å². The molecule has 4 heteroatoms. The molecule has 133 valence electrons. The number of nitrogens with one attached hydrogen (secondary N) is 2. The maximum absolute atomic E-state index is 3.64. The highest BCUT2D eigenvalue weighted by molar-refractivity contribution is 8.00. The number of hydrogen-bond donors (Lipinski definition) is 2. The molecule has 0 saturated heterocycles. The number of rotatable bonds is 1. The van der Waals surface area contributed by atoms with Gasteiger partial charge in [0.2, 0.25) is 0 Å². The van der Waals surface area contributed by atoms with Crippen LogP contribution in [0.2, 0.25) is 0 Å². The minimum absolute atomic E-state index is 1.04. The van der Waals surface area contributed by atoms with E-state index < -0.39 is 0 Å². The van der Waals surface area contributed by atoms with Crippen LogP contribution >= 0.6 is 23.5 Å². The average molecular weight is 396 g/mol. The molecule has 0 atom stereocenters. The molecule has 4 aromatic rings. The van der Waals surface area contributed by atoms with Gasteiger partial charge in [0.15, 0.2) is 0 Å². The number of hydrogen-bond acceptors (Lipinski definition) is 4. The molecule has 28 heavy (non-hydrogen) atoms. The number of benzene rings is 4. The molecule has 0 saturated carbocycles. The highest BCUT2D eigenvalue weighted by atomic mass is 32.2. The van der Waals surface area contributed by atoms with Crippen LogP contribution in [0, 0.1) is 6.07 Å². The fraction of sp³-hybridized carbons (Fsp3) is 0. The van der Waals surface area contributed by atoms with Crippen molar-refractivity contribution in [2.45, 2.75) is 19.6 Å². The molecule has 2 nitrogen and oxygen atoms in total. The van der Waals surface area contributed by atoms with Crippen molar-refractivity contribution in [3.63, 3.8) is 0 Å². The van der Waals surface area contributed by atoms with Crippen LogP contribution in [0.3, 0.4) is 0 Å². The van der Waals surface area contributed by atoms with E-state index in [1.165, 1.54) is 25.1 Å². The fourth-order valence-electron chi connectivity index (χ4n) is 3.61. The Morgan fingerprint density at radius 3 is 2.07 bits per heavy atom. The smallest absolute Gasteiger partial charge is 0.0613 e. The molecule has 0 aliphatic carbocycles. The third-order valence-corrected chi connectivity index (χ3v) is 7.23. The van der Waals surface area contributed by atoms with E-state index in [1.54, 1.807) is 11.8 Å². The quantitative estimate of drug-likeness (QED) is 0.300. The SMILES string of the molecule is [c]1c(-c2cccc3c2Nc2ccccc2S3)ccc2c1Nc1ccccc1S2. The van der Waals surface area contributed by atoms with Gasteiger partial charge in [0, 0.05) is 31.2 Å². The summed E-state index contributed by atoms with van der Waals surface area (Å²) in [6.45, 7) is 0. The van der Waals surface area contributed by atoms with Crippen molar-refractivity contribution in [1.29, 1.82) is 0 Å². The van der Waals surface area contributed by atoms with Gasteiger partial charge in [-0.3, -0.25) is 0 Å². The molecule has 2 aliphatic rings. The second-order valence-electron chi connectivity index (χ2n) is 6.74. The van der Waals surface area contributed by atoms with Crippen LogP contribution in [-0.2, 0) is 0 Å². The van der Waals surface area contributed by atoms with Gasteiger partial charge in [-0.05, 0) is 42.0 Å². The summed E-state index contributed by atoms with van der Waals surface area (Å²) in [6.07, 6.45) is 0. The topological polar surface area (TPSA) is 24.1 Å². The maximum atomic E-state index is 3.64. The zero-order chi connectivity index (χ0) is 18.5. The molecular weight excluding hydrogens is 380 g/mol. The number of fused-ring (bicyclic) bond motifs is 4. The Kier molecular flexibility index (Phi) is 3.67. The maximum Gasteiger partial charge on any atom is 0.0613 e. The van der Waals surface area contributed by atoms with Gasteiger partial charge >= 0.3 is 0 Å². The highest BCUT2D eigenvalue weighted by Gasteiger charge is 2.21. The zero-order valence-corrected chi connectivity index (χ0v) is 16.5. The Morgan fingerprint density at radius 2 is 1.25 bits per heavy atom. The van der Waals surface area contributed by atoms with E-state index in [4.69, 9.17) is 0 Å². The van der Waals surface area contributed by atoms with Gasteiger partial charge in [-0.2, -0.15) is 0 Å². The van der Waals surface area contributed by atoms with E-state index in [2.05, 4.69) is 95.6 Å². The molecule has 0 bridgehead atoms. The van der Waals surface area contributed by atoms with E-state index >= 15 is 0 Å². The van der Waals surface area contributed by atoms with Gasteiger partial charge in [-0.15, -0.1) is 0 Å². The molecule has 2 aliphatic heterocycles. The van der Waals surface area contributed by atoms with Crippen LogP contribution < -0.4 is 10.6 Å². The first-order chi connectivity index (χ1) is 13.8. The number of anilines is 4. The Balaban J connectivity index is 1.43. The monoisotopic (exact) mass is 395 g/mol. The lowest BCUT2D eigenvalue weighted by Crippen LogP contribution is -2.03. The molecule has 0 aromatic heterocycles. The van der Waals surface area contributed by atoms with Crippen molar-refractivity contribution < 1.29 is 0 Å². The molecular formula is C24H15N2S2. The molecule has 2 N–H and O–H groups in total. The normalized spacial score (nSPS) is 13.3. The van der Waals surface area contributed by atoms with Gasteiger partial charge in [-0.25, -0.2) is 0 Å². The highest BCUT2D eigenvalue weighted by Crippen LogP contribution is 2.49. The van der Waals surface area contributed by atoms with Crippen molar-refractivity contribution in [3.8, 4) is 11.1 Å². The lowest BCUT2D eigenvalue weighted by Gasteiger charge is -2.24. The van der Waals surface area contributed by atoms with Crippen LogP contribution in [0.5, 0.6) is 0 Å². The molecule has 0 unspecified atom stereocenters. The standard InChI is InChI=1S/C24H15N2S2/c1-3-9-20-17(7-1)25-19-14-15(12-13-22(19)27-20)16-6-5-11-23-24(16)26-18-8-2-4-10-21(18)28-23/h1-13,25-26H. The molecule has 0 amide bonds. The van der Waals surface area contributed by atoms with E-state index in [0.717, 1.165) is 28.3 Å². The predicted octanol–water partition coefficient (Wildman–Crippen LogP) is 7.57. The third kappa shape index (κ3) is 2.60. The van der Waals surface area contributed by atoms with Crippen molar-refractivity contribution in [1.82, 2.24) is 0 Å². The molecule has 1 radical (unpaired) electrons. The van der Waals surface area contributed by atoms with E-state index in [1.807, 2.05) is 11.8 Å². The van der Waals surface area contributed by atoms with Crippen molar-refractivity contribution in [2.75, 3.05) is 10.6 Å². The Hall–Kier alpha value is -2.82. The van der Waals surface area contributed by atoms with E-state index in [0.29, 0.717) is 0 Å². The number of para-hydroxylation sites is 3. The van der Waals surface area contributed by atoms with Gasteiger partial charge in [0.25, 0.3) is 0 Å². The molecule has 6 rings (SSSR count). The van der Waals surface area contributed by atoms with Gasteiger partial charge < -0.3 is 10.6 Å². The van der Waals surface area contributed by atoms with Crippen molar-refractivity contribution in [3.05, 3.63) is 84.9 Å². The second kappa shape index (κ2) is 6.36. The summed E-state index contributed by atoms with van der Waals surface area (Å²) in [4.78, 5) is 4.97.